The van der Waals surface area contributed by atoms with Crippen LogP contribution in [-0.2, 0) is 14.3 Å². The lowest BCUT2D eigenvalue weighted by Crippen LogP contribution is -2.06. The highest BCUT2D eigenvalue weighted by atomic mass is 32.2. The van der Waals surface area contributed by atoms with Crippen LogP contribution in [0.25, 0.3) is 0 Å². The Morgan fingerprint density at radius 1 is 1.37 bits per heavy atom. The molecule has 1 aromatic carbocycles. The molecule has 19 heavy (non-hydrogen) atoms. The first kappa shape index (κ1) is 17.4. The second kappa shape index (κ2) is 7.77. The van der Waals surface area contributed by atoms with Gasteiger partial charge in [-0.05, 0) is 12.1 Å². The summed E-state index contributed by atoms with van der Waals surface area (Å²) in [4.78, 5) is 10.2. The Labute approximate surface area is 108 Å². The first-order chi connectivity index (χ1) is 8.67. The average Bonchev–Trinajstić information content (AvgIpc) is 2.25. The van der Waals surface area contributed by atoms with Gasteiger partial charge in [-0.25, -0.2) is 13.6 Å². The molecule has 6 nitrogen and oxygen atoms in total. The molecular weight excluding hydrogens is 286 g/mol. The van der Waals surface area contributed by atoms with E-state index in [0.717, 1.165) is 18.4 Å². The number of carboxylic acids is 1. The summed E-state index contributed by atoms with van der Waals surface area (Å²) in [5.41, 5.74) is -0.522. The number of aliphatic hydroxyl groups excluding tert-OH is 1. The predicted molar refractivity (Wildman–Crippen MR) is 61.2 cm³/mol. The van der Waals surface area contributed by atoms with Crippen molar-refractivity contribution in [2.75, 3.05) is 19.5 Å². The number of hydrogen-bond donors (Lipinski definition) is 2. The van der Waals surface area contributed by atoms with Gasteiger partial charge in [0.1, 0.15) is 11.6 Å². The summed E-state index contributed by atoms with van der Waals surface area (Å²) in [7, 11) is -3.35. The lowest BCUT2D eigenvalue weighted by Gasteiger charge is -1.94. The van der Waals surface area contributed by atoms with Crippen molar-refractivity contribution in [1.82, 2.24) is 0 Å². The molecule has 108 valence electrons. The second-order valence-corrected chi connectivity index (χ2v) is 4.82. The van der Waals surface area contributed by atoms with Gasteiger partial charge < -0.3 is 10.2 Å². The first-order valence-electron chi connectivity index (χ1n) is 4.81. The van der Waals surface area contributed by atoms with Gasteiger partial charge in [0.05, 0.1) is 25.0 Å². The number of carbonyl (C=O) groups is 1. The van der Waals surface area contributed by atoms with E-state index in [2.05, 4.69) is 4.18 Å². The third-order valence-electron chi connectivity index (χ3n) is 1.55. The third kappa shape index (κ3) is 8.19. The fourth-order valence-corrected chi connectivity index (χ4v) is 1.23. The molecule has 0 aliphatic carbocycles. The molecule has 0 spiro atoms. The molecule has 0 unspecified atom stereocenters. The lowest BCUT2D eigenvalue weighted by atomic mass is 10.2. The highest BCUT2D eigenvalue weighted by Crippen LogP contribution is 2.08. The van der Waals surface area contributed by atoms with Crippen LogP contribution in [-0.4, -0.2) is 44.1 Å². The van der Waals surface area contributed by atoms with Crippen LogP contribution in [0.4, 0.5) is 8.78 Å². The van der Waals surface area contributed by atoms with Crippen LogP contribution < -0.4 is 0 Å². The Hall–Kier alpha value is -1.58. The fraction of sp³-hybridized carbons (Fsp3) is 0.300. The summed E-state index contributed by atoms with van der Waals surface area (Å²) in [6.07, 6.45) is 0.933. The Morgan fingerprint density at radius 2 is 1.95 bits per heavy atom. The molecule has 0 saturated carbocycles. The summed E-state index contributed by atoms with van der Waals surface area (Å²) in [6.45, 7) is -0.425. The van der Waals surface area contributed by atoms with Gasteiger partial charge in [0.25, 0.3) is 10.1 Å². The SMILES string of the molecule is CS(=O)(=O)OCCO.O=C(O)c1ccc(F)cc1F. The van der Waals surface area contributed by atoms with E-state index in [1.807, 2.05) is 0 Å². The number of halogens is 2. The zero-order valence-electron chi connectivity index (χ0n) is 9.84. The van der Waals surface area contributed by atoms with Crippen LogP contribution in [0, 0.1) is 11.6 Å². The second-order valence-electron chi connectivity index (χ2n) is 3.18. The molecule has 0 bridgehead atoms. The van der Waals surface area contributed by atoms with Crippen molar-refractivity contribution in [2.24, 2.45) is 0 Å². The van der Waals surface area contributed by atoms with Crippen molar-refractivity contribution in [3.8, 4) is 0 Å². The zero-order chi connectivity index (χ0) is 15.1. The van der Waals surface area contributed by atoms with E-state index < -0.39 is 33.3 Å². The van der Waals surface area contributed by atoms with Gasteiger partial charge in [0, 0.05) is 6.07 Å². The molecule has 0 fully saturated rings. The van der Waals surface area contributed by atoms with Crippen molar-refractivity contribution < 1.29 is 36.4 Å². The fourth-order valence-electron chi connectivity index (χ4n) is 0.852. The predicted octanol–water partition coefficient (Wildman–Crippen LogP) is 0.618. The molecule has 0 amide bonds. The number of hydrogen-bond acceptors (Lipinski definition) is 5. The maximum atomic E-state index is 12.5. The molecule has 1 rings (SSSR count). The summed E-state index contributed by atoms with van der Waals surface area (Å²) in [5.74, 6) is -3.24. The highest BCUT2D eigenvalue weighted by molar-refractivity contribution is 7.85. The Bertz CT molecular complexity index is 529. The number of aliphatic hydroxyl groups is 1. The van der Waals surface area contributed by atoms with Crippen LogP contribution in [0.2, 0.25) is 0 Å². The standard InChI is InChI=1S/C7H4F2O2.C3H8O4S/c8-4-1-2-5(7(10)11)6(9)3-4;1-8(5,6)7-3-2-4/h1-3H,(H,10,11);4H,2-3H2,1H3. The molecule has 0 aromatic heterocycles. The average molecular weight is 298 g/mol. The van der Waals surface area contributed by atoms with Crippen molar-refractivity contribution >= 4 is 16.1 Å². The minimum Gasteiger partial charge on any atom is -0.478 e. The van der Waals surface area contributed by atoms with Gasteiger partial charge in [-0.15, -0.1) is 0 Å². The third-order valence-corrected chi connectivity index (χ3v) is 2.15. The van der Waals surface area contributed by atoms with Crippen molar-refractivity contribution in [1.29, 1.82) is 0 Å². The molecule has 0 atom stereocenters. The molecule has 0 aliphatic heterocycles. The van der Waals surface area contributed by atoms with Crippen LogP contribution >= 0.6 is 0 Å². The number of aromatic carboxylic acids is 1. The zero-order valence-corrected chi connectivity index (χ0v) is 10.7. The number of rotatable bonds is 4. The Morgan fingerprint density at radius 3 is 2.26 bits per heavy atom. The van der Waals surface area contributed by atoms with E-state index in [-0.39, 0.29) is 13.2 Å². The molecule has 1 aromatic rings. The summed E-state index contributed by atoms with van der Waals surface area (Å²) in [5, 5.41) is 16.3. The van der Waals surface area contributed by atoms with E-state index in [9.17, 15) is 22.0 Å². The van der Waals surface area contributed by atoms with E-state index in [0.29, 0.717) is 6.07 Å². The van der Waals surface area contributed by atoms with E-state index in [1.54, 1.807) is 0 Å². The van der Waals surface area contributed by atoms with Gasteiger partial charge in [0.2, 0.25) is 0 Å². The van der Waals surface area contributed by atoms with Crippen LogP contribution in [0.1, 0.15) is 10.4 Å². The van der Waals surface area contributed by atoms with Crippen molar-refractivity contribution in [3.63, 3.8) is 0 Å². The van der Waals surface area contributed by atoms with Gasteiger partial charge in [-0.1, -0.05) is 0 Å². The smallest absolute Gasteiger partial charge is 0.338 e. The maximum absolute atomic E-state index is 12.5. The molecule has 0 saturated heterocycles. The van der Waals surface area contributed by atoms with Crippen LogP contribution in [0.15, 0.2) is 18.2 Å². The van der Waals surface area contributed by atoms with Crippen LogP contribution in [0.5, 0.6) is 0 Å². The summed E-state index contributed by atoms with van der Waals surface area (Å²) in [6, 6.07) is 2.31. The van der Waals surface area contributed by atoms with E-state index in [1.165, 1.54) is 0 Å². The van der Waals surface area contributed by atoms with E-state index in [4.69, 9.17) is 10.2 Å². The monoisotopic (exact) mass is 298 g/mol. The van der Waals surface area contributed by atoms with Crippen molar-refractivity contribution in [2.45, 2.75) is 0 Å². The lowest BCUT2D eigenvalue weighted by molar-refractivity contribution is 0.0691. The van der Waals surface area contributed by atoms with E-state index >= 15 is 0 Å². The number of carboxylic acid groups (broad SMARTS) is 1. The quantitative estimate of drug-likeness (QED) is 0.790. The number of benzene rings is 1. The van der Waals surface area contributed by atoms with Gasteiger partial charge in [0.15, 0.2) is 0 Å². The van der Waals surface area contributed by atoms with Crippen molar-refractivity contribution in [3.05, 3.63) is 35.4 Å². The summed E-state index contributed by atoms with van der Waals surface area (Å²) >= 11 is 0. The minimum absolute atomic E-state index is 0.154. The van der Waals surface area contributed by atoms with Gasteiger partial charge in [-0.3, -0.25) is 4.18 Å². The molecule has 2 N–H and O–H groups in total. The maximum Gasteiger partial charge on any atom is 0.338 e. The normalized spacial score (nSPS) is 10.5. The van der Waals surface area contributed by atoms with Crippen LogP contribution in [0.3, 0.4) is 0 Å². The minimum atomic E-state index is -3.35. The molecule has 0 radical (unpaired) electrons. The highest BCUT2D eigenvalue weighted by Gasteiger charge is 2.09. The molecule has 0 heterocycles. The first-order valence-corrected chi connectivity index (χ1v) is 6.62. The molecule has 9 heteroatoms. The topological polar surface area (TPSA) is 101 Å². The Kier molecular flexibility index (Phi) is 7.12. The van der Waals surface area contributed by atoms with Gasteiger partial charge in [-0.2, -0.15) is 8.42 Å². The summed E-state index contributed by atoms with van der Waals surface area (Å²) < 4.78 is 48.9. The largest absolute Gasteiger partial charge is 0.478 e. The van der Waals surface area contributed by atoms with Gasteiger partial charge >= 0.3 is 5.97 Å². The Balaban J connectivity index is 0.000000362. The molecule has 0 aliphatic rings. The molecular formula is C10H12F2O6S.